The third kappa shape index (κ3) is 3.17. The molecule has 2 amide bonds. The smallest absolute Gasteiger partial charge is 0.251 e. The minimum Gasteiger partial charge on any atom is -0.366 e. The van der Waals surface area contributed by atoms with E-state index in [4.69, 9.17) is 5.73 Å². The first-order valence-corrected chi connectivity index (χ1v) is 6.56. The Hall–Kier alpha value is -2.21. The van der Waals surface area contributed by atoms with E-state index in [1.165, 1.54) is 17.4 Å². The number of nitrogens with two attached hydrogens (primary N) is 1. The number of hydrogen-bond acceptors (Lipinski definition) is 4. The fourth-order valence-electron chi connectivity index (χ4n) is 1.60. The summed E-state index contributed by atoms with van der Waals surface area (Å²) in [6.07, 6.45) is 1.69. The molecule has 3 N–H and O–H groups in total. The molecule has 0 aliphatic carbocycles. The molecule has 1 aromatic carbocycles. The predicted octanol–water partition coefficient (Wildman–Crippen LogP) is 1.73. The van der Waals surface area contributed by atoms with Crippen molar-refractivity contribution in [3.63, 3.8) is 0 Å². The average molecular weight is 275 g/mol. The Bertz CT molecular complexity index is 596. The van der Waals surface area contributed by atoms with E-state index >= 15 is 0 Å². The van der Waals surface area contributed by atoms with Crippen LogP contribution in [-0.2, 0) is 0 Å². The first kappa shape index (κ1) is 13.2. The number of rotatable bonds is 4. The van der Waals surface area contributed by atoms with E-state index in [-0.39, 0.29) is 11.9 Å². The monoisotopic (exact) mass is 275 g/mol. The van der Waals surface area contributed by atoms with Crippen LogP contribution in [0.1, 0.15) is 38.7 Å². The summed E-state index contributed by atoms with van der Waals surface area (Å²) in [5, 5.41) is 5.51. The van der Waals surface area contributed by atoms with E-state index in [1.807, 2.05) is 12.3 Å². The fourth-order valence-corrected chi connectivity index (χ4v) is 2.25. The first-order valence-electron chi connectivity index (χ1n) is 5.68. The number of aromatic nitrogens is 1. The van der Waals surface area contributed by atoms with Gasteiger partial charge in [0.25, 0.3) is 5.91 Å². The number of carbonyl (C=O) groups excluding carboxylic acids is 2. The number of primary amides is 1. The molecule has 0 fully saturated rings. The van der Waals surface area contributed by atoms with Gasteiger partial charge in [-0.1, -0.05) is 6.07 Å². The second kappa shape index (κ2) is 5.62. The molecule has 1 aromatic heterocycles. The minimum absolute atomic E-state index is 0.176. The van der Waals surface area contributed by atoms with E-state index in [1.54, 1.807) is 24.4 Å². The molecule has 0 saturated carbocycles. The van der Waals surface area contributed by atoms with Gasteiger partial charge >= 0.3 is 0 Å². The molecule has 0 radical (unpaired) electrons. The van der Waals surface area contributed by atoms with Gasteiger partial charge in [0.05, 0.1) is 6.04 Å². The molecule has 19 heavy (non-hydrogen) atoms. The highest BCUT2D eigenvalue weighted by Crippen LogP contribution is 2.15. The lowest BCUT2D eigenvalue weighted by Gasteiger charge is -2.11. The number of nitrogens with one attached hydrogen (secondary N) is 1. The molecule has 6 heteroatoms. The van der Waals surface area contributed by atoms with Crippen LogP contribution in [0.5, 0.6) is 0 Å². The zero-order chi connectivity index (χ0) is 13.8. The van der Waals surface area contributed by atoms with Crippen LogP contribution < -0.4 is 11.1 Å². The van der Waals surface area contributed by atoms with Gasteiger partial charge in [-0.3, -0.25) is 9.59 Å². The molecular weight excluding hydrogens is 262 g/mol. The topological polar surface area (TPSA) is 85.1 Å². The highest BCUT2D eigenvalue weighted by Gasteiger charge is 2.14. The van der Waals surface area contributed by atoms with Crippen LogP contribution in [0.3, 0.4) is 0 Å². The van der Waals surface area contributed by atoms with Crippen molar-refractivity contribution in [1.29, 1.82) is 0 Å². The van der Waals surface area contributed by atoms with Gasteiger partial charge in [-0.05, 0) is 25.1 Å². The fraction of sp³-hybridized carbons (Fsp3) is 0.154. The maximum atomic E-state index is 12.0. The van der Waals surface area contributed by atoms with Gasteiger partial charge in [0.1, 0.15) is 5.01 Å². The average Bonchev–Trinajstić information content (AvgIpc) is 2.92. The van der Waals surface area contributed by atoms with E-state index in [9.17, 15) is 9.59 Å². The van der Waals surface area contributed by atoms with Crippen molar-refractivity contribution in [1.82, 2.24) is 10.3 Å². The third-order valence-corrected chi connectivity index (χ3v) is 3.54. The number of carbonyl (C=O) groups is 2. The van der Waals surface area contributed by atoms with E-state index < -0.39 is 5.91 Å². The first-order chi connectivity index (χ1) is 9.08. The lowest BCUT2D eigenvalue weighted by atomic mass is 10.1. The molecule has 0 saturated heterocycles. The summed E-state index contributed by atoms with van der Waals surface area (Å²) in [4.78, 5) is 27.2. The Kier molecular flexibility index (Phi) is 3.91. The molecule has 1 atom stereocenters. The second-order valence-corrected chi connectivity index (χ2v) is 4.94. The van der Waals surface area contributed by atoms with Gasteiger partial charge < -0.3 is 11.1 Å². The molecule has 5 nitrogen and oxygen atoms in total. The largest absolute Gasteiger partial charge is 0.366 e. The molecular formula is C13H13N3O2S. The summed E-state index contributed by atoms with van der Waals surface area (Å²) in [5.74, 6) is -0.812. The van der Waals surface area contributed by atoms with Gasteiger partial charge in [0, 0.05) is 22.7 Å². The highest BCUT2D eigenvalue weighted by molar-refractivity contribution is 7.09. The zero-order valence-corrected chi connectivity index (χ0v) is 11.1. The van der Waals surface area contributed by atoms with Crippen molar-refractivity contribution in [2.24, 2.45) is 5.73 Å². The summed E-state index contributed by atoms with van der Waals surface area (Å²) in [6.45, 7) is 1.86. The number of nitrogens with zero attached hydrogens (tertiary/aromatic N) is 1. The Morgan fingerprint density at radius 2 is 2.11 bits per heavy atom. The molecule has 0 aliphatic heterocycles. The van der Waals surface area contributed by atoms with Gasteiger partial charge in [-0.2, -0.15) is 0 Å². The van der Waals surface area contributed by atoms with Crippen LogP contribution in [0.25, 0.3) is 0 Å². The van der Waals surface area contributed by atoms with Gasteiger partial charge in [0.2, 0.25) is 5.91 Å². The van der Waals surface area contributed by atoms with Crippen molar-refractivity contribution in [3.8, 4) is 0 Å². The van der Waals surface area contributed by atoms with Crippen molar-refractivity contribution in [2.45, 2.75) is 13.0 Å². The van der Waals surface area contributed by atoms with Crippen molar-refractivity contribution in [2.75, 3.05) is 0 Å². The Morgan fingerprint density at radius 1 is 1.37 bits per heavy atom. The van der Waals surface area contributed by atoms with Crippen LogP contribution >= 0.6 is 11.3 Å². The quantitative estimate of drug-likeness (QED) is 0.891. The molecule has 98 valence electrons. The number of thiazole rings is 1. The standard InChI is InChI=1S/C13H13N3O2S/c1-8(13-15-5-6-19-13)16-12(18)10-4-2-3-9(7-10)11(14)17/h2-8H,1H3,(H2,14,17)(H,16,18). The predicted molar refractivity (Wildman–Crippen MR) is 73.0 cm³/mol. The summed E-state index contributed by atoms with van der Waals surface area (Å²) < 4.78 is 0. The third-order valence-electron chi connectivity index (χ3n) is 2.58. The van der Waals surface area contributed by atoms with Crippen LogP contribution in [0.2, 0.25) is 0 Å². The lowest BCUT2D eigenvalue weighted by molar-refractivity contribution is 0.0940. The normalized spacial score (nSPS) is 11.8. The number of amides is 2. The highest BCUT2D eigenvalue weighted by atomic mass is 32.1. The maximum Gasteiger partial charge on any atom is 0.251 e. The summed E-state index contributed by atoms with van der Waals surface area (Å²) >= 11 is 1.48. The van der Waals surface area contributed by atoms with Gasteiger partial charge in [-0.15, -0.1) is 11.3 Å². The Balaban J connectivity index is 2.12. The molecule has 2 rings (SSSR count). The number of hydrogen-bond donors (Lipinski definition) is 2. The van der Waals surface area contributed by atoms with Crippen LogP contribution in [0.15, 0.2) is 35.8 Å². The summed E-state index contributed by atoms with van der Waals surface area (Å²) in [5.41, 5.74) is 5.90. The molecule has 0 aliphatic rings. The number of benzene rings is 1. The molecule has 1 heterocycles. The molecule has 1 unspecified atom stereocenters. The van der Waals surface area contributed by atoms with Crippen LogP contribution in [0, 0.1) is 0 Å². The molecule has 0 spiro atoms. The van der Waals surface area contributed by atoms with E-state index in [0.717, 1.165) is 5.01 Å². The molecule has 0 bridgehead atoms. The summed E-state index contributed by atoms with van der Waals surface area (Å²) in [6, 6.07) is 6.14. The minimum atomic E-state index is -0.553. The van der Waals surface area contributed by atoms with Crippen molar-refractivity contribution in [3.05, 3.63) is 52.0 Å². The lowest BCUT2D eigenvalue weighted by Crippen LogP contribution is -2.26. The second-order valence-electron chi connectivity index (χ2n) is 4.01. The summed E-state index contributed by atoms with van der Waals surface area (Å²) in [7, 11) is 0. The van der Waals surface area contributed by atoms with E-state index in [0.29, 0.717) is 11.1 Å². The zero-order valence-electron chi connectivity index (χ0n) is 10.3. The van der Waals surface area contributed by atoms with Crippen LogP contribution in [0.4, 0.5) is 0 Å². The SMILES string of the molecule is CC(NC(=O)c1cccc(C(N)=O)c1)c1nccs1. The Morgan fingerprint density at radius 3 is 2.74 bits per heavy atom. The maximum absolute atomic E-state index is 12.0. The van der Waals surface area contributed by atoms with E-state index in [2.05, 4.69) is 10.3 Å². The molecule has 2 aromatic rings. The van der Waals surface area contributed by atoms with Crippen LogP contribution in [-0.4, -0.2) is 16.8 Å². The van der Waals surface area contributed by atoms with Gasteiger partial charge in [-0.25, -0.2) is 4.98 Å². The van der Waals surface area contributed by atoms with Crippen molar-refractivity contribution < 1.29 is 9.59 Å². The van der Waals surface area contributed by atoms with Gasteiger partial charge in [0.15, 0.2) is 0 Å². The Labute approximate surface area is 114 Å². The van der Waals surface area contributed by atoms with Crippen molar-refractivity contribution >= 4 is 23.2 Å².